The van der Waals surface area contributed by atoms with E-state index >= 15 is 0 Å². The molecule has 0 atom stereocenters. The second-order valence-corrected chi connectivity index (χ2v) is 7.64. The van der Waals surface area contributed by atoms with Crippen LogP contribution in [0.15, 0.2) is 29.8 Å². The van der Waals surface area contributed by atoms with Gasteiger partial charge in [-0.3, -0.25) is 9.59 Å². The molecule has 2 rings (SSSR count). The van der Waals surface area contributed by atoms with Gasteiger partial charge in [-0.05, 0) is 25.8 Å². The Labute approximate surface area is 142 Å². The first kappa shape index (κ1) is 18.2. The van der Waals surface area contributed by atoms with Gasteiger partial charge in [0, 0.05) is 12.1 Å². The summed E-state index contributed by atoms with van der Waals surface area (Å²) >= 11 is 0. The molecule has 1 heterocycles. The van der Waals surface area contributed by atoms with Gasteiger partial charge in [0.25, 0.3) is 15.9 Å². The van der Waals surface area contributed by atoms with Crippen molar-refractivity contribution in [2.24, 2.45) is 0 Å². The third kappa shape index (κ3) is 3.51. The summed E-state index contributed by atoms with van der Waals surface area (Å²) in [6, 6.07) is 6.92. The fourth-order valence-corrected chi connectivity index (χ4v) is 4.29. The standard InChI is InChI=1S/C17H22N2O4S/c1-4-5-10-18-15(20)11-19-17(21)13(3)16(24(19,22)23)14-8-6-12(2)7-9-14/h6-9H,4-5,10-11H2,1-3H3,(H,18,20). The lowest BCUT2D eigenvalue weighted by Gasteiger charge is -2.16. The van der Waals surface area contributed by atoms with Crippen LogP contribution in [0.5, 0.6) is 0 Å². The maximum Gasteiger partial charge on any atom is 0.268 e. The van der Waals surface area contributed by atoms with Gasteiger partial charge in [0.05, 0.1) is 0 Å². The van der Waals surface area contributed by atoms with E-state index in [0.29, 0.717) is 16.4 Å². The minimum atomic E-state index is -4.02. The number of carbonyl (C=O) groups is 2. The zero-order valence-electron chi connectivity index (χ0n) is 14.1. The van der Waals surface area contributed by atoms with Gasteiger partial charge in [-0.1, -0.05) is 43.2 Å². The van der Waals surface area contributed by atoms with Crippen LogP contribution in [0.3, 0.4) is 0 Å². The van der Waals surface area contributed by atoms with Crippen LogP contribution in [0.4, 0.5) is 0 Å². The first-order valence-electron chi connectivity index (χ1n) is 7.90. The molecule has 130 valence electrons. The van der Waals surface area contributed by atoms with Crippen LogP contribution >= 0.6 is 0 Å². The number of hydrogen-bond donors (Lipinski definition) is 1. The number of aryl methyl sites for hydroxylation is 1. The van der Waals surface area contributed by atoms with E-state index in [9.17, 15) is 18.0 Å². The molecule has 0 bridgehead atoms. The molecule has 1 aliphatic heterocycles. The minimum Gasteiger partial charge on any atom is -0.355 e. The van der Waals surface area contributed by atoms with Crippen molar-refractivity contribution in [1.29, 1.82) is 0 Å². The molecule has 0 saturated carbocycles. The number of unbranched alkanes of at least 4 members (excludes halogenated alkanes) is 1. The molecule has 7 heteroatoms. The summed E-state index contributed by atoms with van der Waals surface area (Å²) in [6.45, 7) is 5.34. The second kappa shape index (κ2) is 7.17. The van der Waals surface area contributed by atoms with E-state index in [0.717, 1.165) is 18.4 Å². The first-order chi connectivity index (χ1) is 11.3. The summed E-state index contributed by atoms with van der Waals surface area (Å²) < 4.78 is 26.1. The maximum absolute atomic E-state index is 12.7. The Balaban J connectivity index is 2.25. The average Bonchev–Trinajstić information content (AvgIpc) is 2.69. The molecule has 0 aromatic heterocycles. The molecule has 0 radical (unpaired) electrons. The van der Waals surface area contributed by atoms with E-state index in [1.54, 1.807) is 24.3 Å². The monoisotopic (exact) mass is 350 g/mol. The Morgan fingerprint density at radius 2 is 1.79 bits per heavy atom. The van der Waals surface area contributed by atoms with Gasteiger partial charge in [-0.2, -0.15) is 0 Å². The van der Waals surface area contributed by atoms with Crippen molar-refractivity contribution in [2.45, 2.75) is 33.6 Å². The predicted molar refractivity (Wildman–Crippen MR) is 92.3 cm³/mol. The van der Waals surface area contributed by atoms with Gasteiger partial charge >= 0.3 is 0 Å². The van der Waals surface area contributed by atoms with E-state index in [2.05, 4.69) is 5.32 Å². The lowest BCUT2D eigenvalue weighted by atomic mass is 10.1. The van der Waals surface area contributed by atoms with E-state index < -0.39 is 28.4 Å². The molecule has 0 aliphatic carbocycles. The Morgan fingerprint density at radius 1 is 1.17 bits per heavy atom. The zero-order valence-corrected chi connectivity index (χ0v) is 14.9. The van der Waals surface area contributed by atoms with E-state index in [1.807, 2.05) is 13.8 Å². The number of amides is 2. The van der Waals surface area contributed by atoms with Crippen LogP contribution in [0, 0.1) is 6.92 Å². The van der Waals surface area contributed by atoms with E-state index in [-0.39, 0.29) is 10.5 Å². The van der Waals surface area contributed by atoms with E-state index in [4.69, 9.17) is 0 Å². The van der Waals surface area contributed by atoms with Crippen LogP contribution in [0.1, 0.15) is 37.8 Å². The van der Waals surface area contributed by atoms with E-state index in [1.165, 1.54) is 6.92 Å². The van der Waals surface area contributed by atoms with Gasteiger partial charge < -0.3 is 5.32 Å². The molecular formula is C17H22N2O4S. The first-order valence-corrected chi connectivity index (χ1v) is 9.34. The lowest BCUT2D eigenvalue weighted by Crippen LogP contribution is -2.41. The fourth-order valence-electron chi connectivity index (χ4n) is 2.52. The van der Waals surface area contributed by atoms with Crippen LogP contribution in [0.2, 0.25) is 0 Å². The molecule has 6 nitrogen and oxygen atoms in total. The van der Waals surface area contributed by atoms with Crippen molar-refractivity contribution in [2.75, 3.05) is 13.1 Å². The van der Waals surface area contributed by atoms with Crippen LogP contribution in [0.25, 0.3) is 4.91 Å². The third-order valence-electron chi connectivity index (χ3n) is 3.89. The topological polar surface area (TPSA) is 83.6 Å². The highest BCUT2D eigenvalue weighted by atomic mass is 32.2. The number of rotatable bonds is 6. The molecular weight excluding hydrogens is 328 g/mol. The second-order valence-electron chi connectivity index (χ2n) is 5.84. The molecule has 0 fully saturated rings. The SMILES string of the molecule is CCCCNC(=O)CN1C(=O)C(C)=C(c2ccc(C)cc2)S1(=O)=O. The van der Waals surface area contributed by atoms with Gasteiger partial charge in [0.2, 0.25) is 5.91 Å². The summed E-state index contributed by atoms with van der Waals surface area (Å²) in [7, 11) is -4.02. The van der Waals surface area contributed by atoms with Gasteiger partial charge in [-0.15, -0.1) is 0 Å². The number of nitrogens with zero attached hydrogens (tertiary/aromatic N) is 1. The van der Waals surface area contributed by atoms with Crippen molar-refractivity contribution in [3.63, 3.8) is 0 Å². The van der Waals surface area contributed by atoms with Crippen molar-refractivity contribution in [3.8, 4) is 0 Å². The lowest BCUT2D eigenvalue weighted by molar-refractivity contribution is -0.128. The molecule has 0 saturated heterocycles. The highest BCUT2D eigenvalue weighted by Crippen LogP contribution is 2.35. The van der Waals surface area contributed by atoms with Crippen molar-refractivity contribution in [1.82, 2.24) is 9.62 Å². The Bertz CT molecular complexity index is 779. The molecule has 1 aromatic carbocycles. The summed E-state index contributed by atoms with van der Waals surface area (Å²) in [6.07, 6.45) is 1.72. The smallest absolute Gasteiger partial charge is 0.268 e. The third-order valence-corrected chi connectivity index (χ3v) is 5.82. The number of hydrogen-bond acceptors (Lipinski definition) is 4. The number of sulfonamides is 1. The maximum atomic E-state index is 12.7. The highest BCUT2D eigenvalue weighted by molar-refractivity contribution is 7.99. The molecule has 2 amide bonds. The largest absolute Gasteiger partial charge is 0.355 e. The fraction of sp³-hybridized carbons (Fsp3) is 0.412. The highest BCUT2D eigenvalue weighted by Gasteiger charge is 2.43. The summed E-state index contributed by atoms with van der Waals surface area (Å²) in [4.78, 5) is 24.2. The number of carbonyl (C=O) groups excluding carboxylic acids is 2. The minimum absolute atomic E-state index is 0.0196. The quantitative estimate of drug-likeness (QED) is 0.793. The van der Waals surface area contributed by atoms with Crippen LogP contribution in [-0.4, -0.2) is 37.6 Å². The molecule has 24 heavy (non-hydrogen) atoms. The van der Waals surface area contributed by atoms with Crippen molar-refractivity contribution >= 4 is 26.7 Å². The van der Waals surface area contributed by atoms with Gasteiger partial charge in [-0.25, -0.2) is 12.7 Å². The molecule has 1 aromatic rings. The van der Waals surface area contributed by atoms with Gasteiger partial charge in [0.1, 0.15) is 11.4 Å². The summed E-state index contributed by atoms with van der Waals surface area (Å²) in [5.74, 6) is -1.12. The predicted octanol–water partition coefficient (Wildman–Crippen LogP) is 1.81. The molecule has 0 unspecified atom stereocenters. The molecule has 1 N–H and O–H groups in total. The molecule has 0 spiro atoms. The Kier molecular flexibility index (Phi) is 5.43. The van der Waals surface area contributed by atoms with Crippen LogP contribution in [-0.2, 0) is 19.6 Å². The Hall–Kier alpha value is -2.15. The van der Waals surface area contributed by atoms with Crippen LogP contribution < -0.4 is 5.32 Å². The van der Waals surface area contributed by atoms with Crippen molar-refractivity contribution < 1.29 is 18.0 Å². The normalized spacial score (nSPS) is 16.6. The van der Waals surface area contributed by atoms with Gasteiger partial charge in [0.15, 0.2) is 0 Å². The number of nitrogens with one attached hydrogen (secondary N) is 1. The Morgan fingerprint density at radius 3 is 2.38 bits per heavy atom. The molecule has 1 aliphatic rings. The summed E-state index contributed by atoms with van der Waals surface area (Å²) in [5, 5.41) is 2.63. The van der Waals surface area contributed by atoms with Crippen molar-refractivity contribution in [3.05, 3.63) is 41.0 Å². The average molecular weight is 350 g/mol. The summed E-state index contributed by atoms with van der Waals surface area (Å²) in [5.41, 5.74) is 1.59. The zero-order chi connectivity index (χ0) is 17.9. The number of benzene rings is 1.